The molecule has 2 amide bonds. The molecule has 7 heteroatoms. The number of carbonyl (C=O) groups excluding carboxylic acids is 3. The zero-order valence-corrected chi connectivity index (χ0v) is 20.6. The van der Waals surface area contributed by atoms with Crippen molar-refractivity contribution in [3.8, 4) is 11.5 Å². The van der Waals surface area contributed by atoms with E-state index in [0.29, 0.717) is 30.0 Å². The highest BCUT2D eigenvalue weighted by molar-refractivity contribution is 6.01. The molecule has 2 heterocycles. The first-order valence-corrected chi connectivity index (χ1v) is 12.6. The van der Waals surface area contributed by atoms with Crippen molar-refractivity contribution in [3.63, 3.8) is 0 Å². The first kappa shape index (κ1) is 23.3. The second kappa shape index (κ2) is 9.07. The zero-order valence-electron chi connectivity index (χ0n) is 20.6. The summed E-state index contributed by atoms with van der Waals surface area (Å²) < 4.78 is 11.5. The van der Waals surface area contributed by atoms with Crippen molar-refractivity contribution in [2.45, 2.75) is 45.0 Å². The molecule has 3 aromatic carbocycles. The number of rotatable bonds is 7. The number of para-hydroxylation sites is 1. The Labute approximate surface area is 215 Å². The molecule has 7 nitrogen and oxygen atoms in total. The summed E-state index contributed by atoms with van der Waals surface area (Å²) >= 11 is 0. The van der Waals surface area contributed by atoms with Gasteiger partial charge in [0.1, 0.15) is 30.7 Å². The van der Waals surface area contributed by atoms with Gasteiger partial charge in [0.2, 0.25) is 5.91 Å². The molecule has 1 aliphatic carbocycles. The lowest BCUT2D eigenvalue weighted by atomic mass is 10.0. The van der Waals surface area contributed by atoms with Gasteiger partial charge in [0, 0.05) is 18.2 Å². The fourth-order valence-corrected chi connectivity index (χ4v) is 5.56. The molecule has 3 aromatic rings. The minimum absolute atomic E-state index is 0.0141. The van der Waals surface area contributed by atoms with Crippen molar-refractivity contribution in [3.05, 3.63) is 95.6 Å². The van der Waals surface area contributed by atoms with Gasteiger partial charge >= 0.3 is 5.97 Å². The molecule has 3 aliphatic rings. The number of benzene rings is 3. The number of amides is 2. The van der Waals surface area contributed by atoms with Crippen molar-refractivity contribution in [1.82, 2.24) is 9.80 Å². The fraction of sp³-hybridized carbons (Fsp3) is 0.300. The number of fused-ring (bicyclic) bond motifs is 2. The first-order chi connectivity index (χ1) is 17.9. The van der Waals surface area contributed by atoms with Crippen LogP contribution in [-0.4, -0.2) is 46.2 Å². The van der Waals surface area contributed by atoms with Gasteiger partial charge in [-0.3, -0.25) is 9.59 Å². The predicted molar refractivity (Wildman–Crippen MR) is 136 cm³/mol. The normalized spacial score (nSPS) is 23.4. The van der Waals surface area contributed by atoms with E-state index in [1.165, 1.54) is 0 Å². The van der Waals surface area contributed by atoms with Gasteiger partial charge in [0.15, 0.2) is 0 Å². The van der Waals surface area contributed by atoms with Crippen LogP contribution in [0.2, 0.25) is 0 Å². The molecule has 188 valence electrons. The quantitative estimate of drug-likeness (QED) is 0.449. The van der Waals surface area contributed by atoms with Crippen LogP contribution in [0.1, 0.15) is 41.3 Å². The number of likely N-dealkylation sites (tertiary alicyclic amines) is 1. The highest BCUT2D eigenvalue weighted by Crippen LogP contribution is 2.59. The highest BCUT2D eigenvalue weighted by Gasteiger charge is 2.64. The maximum atomic E-state index is 13.5. The fourth-order valence-electron chi connectivity index (χ4n) is 5.56. The molecule has 0 aromatic heterocycles. The Hall–Kier alpha value is -4.13. The van der Waals surface area contributed by atoms with Gasteiger partial charge in [-0.05, 0) is 53.6 Å². The van der Waals surface area contributed by atoms with Crippen molar-refractivity contribution in [2.75, 3.05) is 6.54 Å². The van der Waals surface area contributed by atoms with Crippen molar-refractivity contribution in [2.24, 2.45) is 5.41 Å². The van der Waals surface area contributed by atoms with Gasteiger partial charge in [-0.2, -0.15) is 0 Å². The maximum Gasteiger partial charge on any atom is 0.329 e. The highest BCUT2D eigenvalue weighted by atomic mass is 16.5. The van der Waals surface area contributed by atoms with Crippen LogP contribution >= 0.6 is 0 Å². The van der Waals surface area contributed by atoms with Gasteiger partial charge in [-0.25, -0.2) is 4.79 Å². The number of esters is 1. The largest absolute Gasteiger partial charge is 0.459 e. The van der Waals surface area contributed by atoms with Crippen LogP contribution in [0.3, 0.4) is 0 Å². The summed E-state index contributed by atoms with van der Waals surface area (Å²) in [6.07, 6.45) is 1.46. The third kappa shape index (κ3) is 4.46. The Morgan fingerprint density at radius 2 is 1.68 bits per heavy atom. The lowest BCUT2D eigenvalue weighted by Crippen LogP contribution is -2.48. The average Bonchev–Trinajstić information content (AvgIpc) is 3.33. The molecule has 3 atom stereocenters. The van der Waals surface area contributed by atoms with Gasteiger partial charge in [0.05, 0.1) is 0 Å². The molecule has 6 rings (SSSR count). The Bertz CT molecular complexity index is 1360. The molecular formula is C30H28N2O5. The first-order valence-electron chi connectivity index (χ1n) is 12.6. The SMILES string of the molecule is C[C@@]12C[C@@H]1N(C(=O)CN1Cc3ccc(Oc4ccccc4)cc3C1=O)[C@H](C(=O)OCc1ccccc1)C2. The van der Waals surface area contributed by atoms with Crippen molar-refractivity contribution < 1.29 is 23.9 Å². The second-order valence-electron chi connectivity index (χ2n) is 10.4. The van der Waals surface area contributed by atoms with Gasteiger partial charge < -0.3 is 19.3 Å². The molecule has 0 bridgehead atoms. The summed E-state index contributed by atoms with van der Waals surface area (Å²) in [5.41, 5.74) is 2.24. The van der Waals surface area contributed by atoms with E-state index in [0.717, 1.165) is 17.5 Å². The monoisotopic (exact) mass is 496 g/mol. The average molecular weight is 497 g/mol. The number of piperidine rings is 1. The van der Waals surface area contributed by atoms with Crippen LogP contribution < -0.4 is 4.74 Å². The summed E-state index contributed by atoms with van der Waals surface area (Å²) in [5.74, 6) is 0.453. The van der Waals surface area contributed by atoms with E-state index in [2.05, 4.69) is 6.92 Å². The molecule has 1 saturated carbocycles. The Morgan fingerprint density at radius 3 is 2.43 bits per heavy atom. The topological polar surface area (TPSA) is 76.2 Å². The Kier molecular flexibility index (Phi) is 5.71. The third-order valence-electron chi connectivity index (χ3n) is 7.68. The van der Waals surface area contributed by atoms with E-state index < -0.39 is 6.04 Å². The van der Waals surface area contributed by atoms with Crippen LogP contribution in [0.4, 0.5) is 0 Å². The number of hydrogen-bond acceptors (Lipinski definition) is 5. The van der Waals surface area contributed by atoms with E-state index in [9.17, 15) is 14.4 Å². The standard InChI is InChI=1S/C30H28N2O5/c1-30-15-25(29(35)36-19-20-8-4-2-5-9-20)32(26(30)16-30)27(33)18-31-17-21-12-13-23(14-24(21)28(31)34)37-22-10-6-3-7-11-22/h2-14,25-26H,15-19H2,1H3/t25-,26-,30+/m0/s1. The van der Waals surface area contributed by atoms with Crippen LogP contribution in [0.25, 0.3) is 0 Å². The van der Waals surface area contributed by atoms with Gasteiger partial charge in [-0.1, -0.05) is 61.5 Å². The summed E-state index contributed by atoms with van der Waals surface area (Å²) in [7, 11) is 0. The van der Waals surface area contributed by atoms with Crippen molar-refractivity contribution in [1.29, 1.82) is 0 Å². The molecule has 0 spiro atoms. The molecule has 0 radical (unpaired) electrons. The Balaban J connectivity index is 1.12. The lowest BCUT2D eigenvalue weighted by molar-refractivity contribution is -0.155. The van der Waals surface area contributed by atoms with Crippen LogP contribution in [0.15, 0.2) is 78.9 Å². The summed E-state index contributed by atoms with van der Waals surface area (Å²) in [5, 5.41) is 0. The molecular weight excluding hydrogens is 468 g/mol. The lowest BCUT2D eigenvalue weighted by Gasteiger charge is -2.28. The summed E-state index contributed by atoms with van der Waals surface area (Å²) in [6.45, 7) is 2.56. The third-order valence-corrected chi connectivity index (χ3v) is 7.68. The molecule has 2 fully saturated rings. The van der Waals surface area contributed by atoms with E-state index in [4.69, 9.17) is 9.47 Å². The number of nitrogens with zero attached hydrogens (tertiary/aromatic N) is 2. The van der Waals surface area contributed by atoms with Crippen LogP contribution in [-0.2, 0) is 27.5 Å². The van der Waals surface area contributed by atoms with Gasteiger partial charge in [-0.15, -0.1) is 0 Å². The molecule has 1 saturated heterocycles. The van der Waals surface area contributed by atoms with Gasteiger partial charge in [0.25, 0.3) is 5.91 Å². The predicted octanol–water partition coefficient (Wildman–Crippen LogP) is 4.56. The van der Waals surface area contributed by atoms with E-state index in [1.807, 2.05) is 72.8 Å². The number of carbonyl (C=O) groups is 3. The maximum absolute atomic E-state index is 13.5. The van der Waals surface area contributed by atoms with Crippen LogP contribution in [0.5, 0.6) is 11.5 Å². The van der Waals surface area contributed by atoms with Crippen molar-refractivity contribution >= 4 is 17.8 Å². The van der Waals surface area contributed by atoms with E-state index in [1.54, 1.807) is 15.9 Å². The molecule has 2 aliphatic heterocycles. The van der Waals surface area contributed by atoms with Crippen LogP contribution in [0, 0.1) is 5.41 Å². The smallest absolute Gasteiger partial charge is 0.329 e. The van der Waals surface area contributed by atoms with E-state index >= 15 is 0 Å². The zero-order chi connectivity index (χ0) is 25.6. The molecule has 37 heavy (non-hydrogen) atoms. The summed E-state index contributed by atoms with van der Waals surface area (Å²) in [4.78, 5) is 42.9. The minimum Gasteiger partial charge on any atom is -0.459 e. The second-order valence-corrected chi connectivity index (χ2v) is 10.4. The number of ether oxygens (including phenoxy) is 2. The Morgan fingerprint density at radius 1 is 0.946 bits per heavy atom. The summed E-state index contributed by atoms with van der Waals surface area (Å²) in [6, 6.07) is 23.7. The molecule has 0 unspecified atom stereocenters. The number of hydrogen-bond donors (Lipinski definition) is 0. The molecule has 0 N–H and O–H groups in total. The minimum atomic E-state index is -0.620. The van der Waals surface area contributed by atoms with E-state index in [-0.39, 0.29) is 42.4 Å².